The number of aryl methyl sites for hydroxylation is 2. The van der Waals surface area contributed by atoms with E-state index >= 15 is 0 Å². The van der Waals surface area contributed by atoms with Crippen LogP contribution in [0.15, 0.2) is 42.5 Å². The lowest BCUT2D eigenvalue weighted by atomic mass is 10.1. The first kappa shape index (κ1) is 17.0. The number of urea groups is 1. The summed E-state index contributed by atoms with van der Waals surface area (Å²) in [5.74, 6) is -0.681. The first-order chi connectivity index (χ1) is 12.0. The van der Waals surface area contributed by atoms with Crippen LogP contribution < -0.4 is 15.5 Å². The Morgan fingerprint density at radius 3 is 2.64 bits per heavy atom. The van der Waals surface area contributed by atoms with Crippen LogP contribution in [0.4, 0.5) is 20.6 Å². The second kappa shape index (κ2) is 6.93. The second-order valence-corrected chi connectivity index (χ2v) is 6.18. The summed E-state index contributed by atoms with van der Waals surface area (Å²) in [7, 11) is 0. The van der Waals surface area contributed by atoms with Crippen LogP contribution in [0.2, 0.25) is 0 Å². The van der Waals surface area contributed by atoms with E-state index in [2.05, 4.69) is 10.6 Å². The van der Waals surface area contributed by atoms with E-state index in [-0.39, 0.29) is 11.6 Å². The van der Waals surface area contributed by atoms with Crippen molar-refractivity contribution in [3.63, 3.8) is 0 Å². The quantitative estimate of drug-likeness (QED) is 0.899. The van der Waals surface area contributed by atoms with Crippen LogP contribution in [0.3, 0.4) is 0 Å². The first-order valence-electron chi connectivity index (χ1n) is 8.16. The topological polar surface area (TPSA) is 61.4 Å². The van der Waals surface area contributed by atoms with Crippen LogP contribution in [0.5, 0.6) is 0 Å². The average molecular weight is 341 g/mol. The molecule has 0 aromatic heterocycles. The number of hydrogen-bond acceptors (Lipinski definition) is 2. The van der Waals surface area contributed by atoms with Crippen LogP contribution in [0.1, 0.15) is 17.5 Å². The summed E-state index contributed by atoms with van der Waals surface area (Å²) < 4.78 is 13.6. The molecular formula is C19H20FN3O2. The van der Waals surface area contributed by atoms with Crippen molar-refractivity contribution < 1.29 is 14.0 Å². The fourth-order valence-corrected chi connectivity index (χ4v) is 2.84. The number of para-hydroxylation sites is 1. The zero-order valence-corrected chi connectivity index (χ0v) is 14.2. The summed E-state index contributed by atoms with van der Waals surface area (Å²) in [6.45, 7) is 4.55. The summed E-state index contributed by atoms with van der Waals surface area (Å²) in [6, 6.07) is 10.5. The molecule has 130 valence electrons. The van der Waals surface area contributed by atoms with E-state index in [4.69, 9.17) is 0 Å². The van der Waals surface area contributed by atoms with Gasteiger partial charge in [0.1, 0.15) is 11.9 Å². The molecule has 3 rings (SSSR count). The van der Waals surface area contributed by atoms with E-state index in [0.717, 1.165) is 16.8 Å². The molecule has 3 amide bonds. The number of benzene rings is 2. The molecule has 2 aromatic carbocycles. The molecule has 2 N–H and O–H groups in total. The number of nitrogens with one attached hydrogen (secondary N) is 2. The van der Waals surface area contributed by atoms with E-state index < -0.39 is 17.9 Å². The Morgan fingerprint density at radius 1 is 1.16 bits per heavy atom. The fraction of sp³-hybridized carbons (Fsp3) is 0.263. The van der Waals surface area contributed by atoms with Gasteiger partial charge in [-0.2, -0.15) is 0 Å². The zero-order valence-electron chi connectivity index (χ0n) is 14.2. The molecule has 1 aliphatic rings. The van der Waals surface area contributed by atoms with Crippen LogP contribution in [0, 0.1) is 19.7 Å². The predicted octanol–water partition coefficient (Wildman–Crippen LogP) is 3.37. The maximum Gasteiger partial charge on any atom is 0.319 e. The highest BCUT2D eigenvalue weighted by molar-refractivity contribution is 6.02. The summed E-state index contributed by atoms with van der Waals surface area (Å²) in [5, 5.41) is 5.06. The zero-order chi connectivity index (χ0) is 18.0. The van der Waals surface area contributed by atoms with Gasteiger partial charge >= 0.3 is 6.03 Å². The lowest BCUT2D eigenvalue weighted by Crippen LogP contribution is -2.43. The van der Waals surface area contributed by atoms with E-state index in [1.807, 2.05) is 32.0 Å². The number of hydrogen-bond donors (Lipinski definition) is 2. The van der Waals surface area contributed by atoms with E-state index in [0.29, 0.717) is 13.0 Å². The average Bonchev–Trinajstić information content (AvgIpc) is 2.93. The van der Waals surface area contributed by atoms with E-state index in [9.17, 15) is 14.0 Å². The van der Waals surface area contributed by atoms with Crippen molar-refractivity contribution >= 4 is 23.3 Å². The van der Waals surface area contributed by atoms with Crippen molar-refractivity contribution in [1.29, 1.82) is 0 Å². The third-order valence-corrected chi connectivity index (χ3v) is 4.44. The SMILES string of the molecule is Cc1ccc(N2CC[C@@H](NC(=O)Nc3ccccc3F)C2=O)cc1C. The van der Waals surface area contributed by atoms with Crippen LogP contribution in [-0.4, -0.2) is 24.5 Å². The standard InChI is InChI=1S/C19H20FN3O2/c1-12-7-8-14(11-13(12)2)23-10-9-17(18(23)24)22-19(25)21-16-6-4-3-5-15(16)20/h3-8,11,17H,9-10H2,1-2H3,(H2,21,22,25)/t17-/m1/s1. The van der Waals surface area contributed by atoms with Gasteiger partial charge in [0, 0.05) is 12.2 Å². The van der Waals surface area contributed by atoms with Gasteiger partial charge in [0.25, 0.3) is 0 Å². The molecule has 5 nitrogen and oxygen atoms in total. The lowest BCUT2D eigenvalue weighted by Gasteiger charge is -2.18. The highest BCUT2D eigenvalue weighted by Crippen LogP contribution is 2.24. The first-order valence-corrected chi connectivity index (χ1v) is 8.16. The number of carbonyl (C=O) groups is 2. The Balaban J connectivity index is 1.65. The summed E-state index contributed by atoms with van der Waals surface area (Å²) in [6.07, 6.45) is 0.510. The van der Waals surface area contributed by atoms with E-state index in [1.165, 1.54) is 12.1 Å². The number of amides is 3. The molecule has 1 aliphatic heterocycles. The molecule has 0 saturated carbocycles. The molecule has 1 atom stereocenters. The maximum atomic E-state index is 13.6. The Hall–Kier alpha value is -2.89. The molecular weight excluding hydrogens is 321 g/mol. The summed E-state index contributed by atoms with van der Waals surface area (Å²) >= 11 is 0. The minimum atomic E-state index is -0.617. The van der Waals surface area contributed by atoms with Gasteiger partial charge in [-0.3, -0.25) is 4.79 Å². The van der Waals surface area contributed by atoms with Crippen LogP contribution >= 0.6 is 0 Å². The molecule has 0 bridgehead atoms. The van der Waals surface area contributed by atoms with Gasteiger partial charge in [0.05, 0.1) is 5.69 Å². The number of anilines is 2. The molecule has 0 aliphatic carbocycles. The fourth-order valence-electron chi connectivity index (χ4n) is 2.84. The summed E-state index contributed by atoms with van der Waals surface area (Å²) in [5.41, 5.74) is 3.18. The monoisotopic (exact) mass is 341 g/mol. The van der Waals surface area contributed by atoms with Gasteiger partial charge in [-0.25, -0.2) is 9.18 Å². The maximum absolute atomic E-state index is 13.6. The number of rotatable bonds is 3. The van der Waals surface area contributed by atoms with Gasteiger partial charge in [-0.05, 0) is 55.7 Å². The minimum Gasteiger partial charge on any atom is -0.326 e. The van der Waals surface area contributed by atoms with Crippen LogP contribution in [0.25, 0.3) is 0 Å². The largest absolute Gasteiger partial charge is 0.326 e. The summed E-state index contributed by atoms with van der Waals surface area (Å²) in [4.78, 5) is 26.3. The normalized spacial score (nSPS) is 16.8. The molecule has 25 heavy (non-hydrogen) atoms. The number of halogens is 1. The third-order valence-electron chi connectivity index (χ3n) is 4.44. The number of nitrogens with zero attached hydrogens (tertiary/aromatic N) is 1. The van der Waals surface area contributed by atoms with Crippen molar-refractivity contribution in [2.75, 3.05) is 16.8 Å². The second-order valence-electron chi connectivity index (χ2n) is 6.18. The molecule has 0 spiro atoms. The molecule has 0 unspecified atom stereocenters. The molecule has 1 saturated heterocycles. The molecule has 2 aromatic rings. The van der Waals surface area contributed by atoms with Gasteiger partial charge in [-0.15, -0.1) is 0 Å². The lowest BCUT2D eigenvalue weighted by molar-refractivity contribution is -0.118. The van der Waals surface area contributed by atoms with Gasteiger partial charge < -0.3 is 15.5 Å². The van der Waals surface area contributed by atoms with Gasteiger partial charge in [0.2, 0.25) is 5.91 Å². The third kappa shape index (κ3) is 3.63. The van der Waals surface area contributed by atoms with Crippen molar-refractivity contribution in [2.24, 2.45) is 0 Å². The molecule has 6 heteroatoms. The van der Waals surface area contributed by atoms with E-state index in [1.54, 1.807) is 17.0 Å². The Kier molecular flexibility index (Phi) is 4.70. The molecule has 0 radical (unpaired) electrons. The van der Waals surface area contributed by atoms with Crippen molar-refractivity contribution in [2.45, 2.75) is 26.3 Å². The predicted molar refractivity (Wildman–Crippen MR) is 95.2 cm³/mol. The van der Waals surface area contributed by atoms with Crippen LogP contribution in [-0.2, 0) is 4.79 Å². The Labute approximate surface area is 145 Å². The van der Waals surface area contributed by atoms with Crippen molar-refractivity contribution in [3.05, 3.63) is 59.4 Å². The highest BCUT2D eigenvalue weighted by Gasteiger charge is 2.33. The highest BCUT2D eigenvalue weighted by atomic mass is 19.1. The van der Waals surface area contributed by atoms with Gasteiger partial charge in [-0.1, -0.05) is 18.2 Å². The smallest absolute Gasteiger partial charge is 0.319 e. The van der Waals surface area contributed by atoms with Crippen molar-refractivity contribution in [3.8, 4) is 0 Å². The minimum absolute atomic E-state index is 0.0801. The molecule has 1 fully saturated rings. The Bertz CT molecular complexity index is 822. The molecule has 1 heterocycles. The number of carbonyl (C=O) groups excluding carboxylic acids is 2. The van der Waals surface area contributed by atoms with Crippen molar-refractivity contribution in [1.82, 2.24) is 5.32 Å². The van der Waals surface area contributed by atoms with Gasteiger partial charge in [0.15, 0.2) is 0 Å². The Morgan fingerprint density at radius 2 is 1.92 bits per heavy atom.